The molecule has 1 aromatic carbocycles. The molecule has 8 heteroatoms. The van der Waals surface area contributed by atoms with E-state index in [1.54, 1.807) is 32.9 Å². The first kappa shape index (κ1) is 17.2. The second kappa shape index (κ2) is 6.13. The maximum Gasteiger partial charge on any atom is 0.256 e. The molecule has 2 aromatic rings. The van der Waals surface area contributed by atoms with Gasteiger partial charge < -0.3 is 9.84 Å². The molecule has 0 aliphatic heterocycles. The Balaban J connectivity index is 2.44. The fourth-order valence-corrected chi connectivity index (χ4v) is 3.25. The molecule has 1 aromatic heterocycles. The molecule has 0 aliphatic carbocycles. The van der Waals surface area contributed by atoms with Gasteiger partial charge in [0, 0.05) is 25.7 Å². The van der Waals surface area contributed by atoms with E-state index in [9.17, 15) is 13.2 Å². The molecule has 0 atom stereocenters. The summed E-state index contributed by atoms with van der Waals surface area (Å²) in [7, 11) is -0.729. The molecule has 0 radical (unpaired) electrons. The van der Waals surface area contributed by atoms with E-state index in [-0.39, 0.29) is 16.3 Å². The molecule has 0 bridgehead atoms. The van der Waals surface area contributed by atoms with Gasteiger partial charge in [0.15, 0.2) is 5.82 Å². The van der Waals surface area contributed by atoms with E-state index >= 15 is 0 Å². The second-order valence-electron chi connectivity index (χ2n) is 5.48. The summed E-state index contributed by atoms with van der Waals surface area (Å²) in [6, 6.07) is 4.60. The van der Waals surface area contributed by atoms with Crippen LogP contribution in [0.3, 0.4) is 0 Å². The molecule has 0 aliphatic rings. The molecular formula is C15H19N3O4S. The molecule has 0 saturated carbocycles. The van der Waals surface area contributed by atoms with Crippen LogP contribution in [0.5, 0.6) is 0 Å². The molecule has 0 saturated heterocycles. The van der Waals surface area contributed by atoms with Crippen LogP contribution >= 0.6 is 0 Å². The zero-order valence-corrected chi connectivity index (χ0v) is 14.5. The topological polar surface area (TPSA) is 92.5 Å². The molecule has 1 heterocycles. The number of amides is 1. The van der Waals surface area contributed by atoms with E-state index in [0.29, 0.717) is 11.3 Å². The van der Waals surface area contributed by atoms with E-state index < -0.39 is 15.9 Å². The summed E-state index contributed by atoms with van der Waals surface area (Å²) in [5.74, 6) is 0.399. The quantitative estimate of drug-likeness (QED) is 0.922. The van der Waals surface area contributed by atoms with E-state index in [1.807, 2.05) is 0 Å². The standard InChI is InChI=1S/C15H19N3O4S/c1-9-6-12(15(19)16-14-7-10(2)22-17-14)8-13(11(9)3)23(20,21)18(4)5/h6-8H,1-5H3,(H,16,17,19). The molecule has 23 heavy (non-hydrogen) atoms. The summed E-state index contributed by atoms with van der Waals surface area (Å²) in [4.78, 5) is 12.4. The lowest BCUT2D eigenvalue weighted by atomic mass is 10.1. The first-order valence-corrected chi connectivity index (χ1v) is 8.35. The molecule has 1 amide bonds. The van der Waals surface area contributed by atoms with Gasteiger partial charge in [-0.15, -0.1) is 0 Å². The summed E-state index contributed by atoms with van der Waals surface area (Å²) in [6.07, 6.45) is 0. The number of hydrogen-bond donors (Lipinski definition) is 1. The number of hydrogen-bond acceptors (Lipinski definition) is 5. The average Bonchev–Trinajstić information content (AvgIpc) is 2.86. The van der Waals surface area contributed by atoms with Crippen molar-refractivity contribution < 1.29 is 17.7 Å². The Bertz CT molecular complexity index is 854. The number of aromatic nitrogens is 1. The predicted molar refractivity (Wildman–Crippen MR) is 86.0 cm³/mol. The normalized spacial score (nSPS) is 11.7. The Morgan fingerprint density at radius 1 is 1.17 bits per heavy atom. The minimum absolute atomic E-state index is 0.115. The second-order valence-corrected chi connectivity index (χ2v) is 7.60. The van der Waals surface area contributed by atoms with Gasteiger partial charge in [-0.1, -0.05) is 5.16 Å². The maximum atomic E-state index is 12.4. The van der Waals surface area contributed by atoms with Crippen LogP contribution in [0.15, 0.2) is 27.6 Å². The van der Waals surface area contributed by atoms with Crippen LogP contribution in [-0.2, 0) is 10.0 Å². The van der Waals surface area contributed by atoms with E-state index in [4.69, 9.17) is 4.52 Å². The first-order valence-electron chi connectivity index (χ1n) is 6.91. The number of rotatable bonds is 4. The van der Waals surface area contributed by atoms with Gasteiger partial charge in [0.25, 0.3) is 5.91 Å². The zero-order valence-electron chi connectivity index (χ0n) is 13.7. The minimum atomic E-state index is -3.64. The number of benzene rings is 1. The fourth-order valence-electron chi connectivity index (χ4n) is 2.04. The highest BCUT2D eigenvalue weighted by molar-refractivity contribution is 7.89. The molecule has 7 nitrogen and oxygen atoms in total. The summed E-state index contributed by atoms with van der Waals surface area (Å²) < 4.78 is 30.8. The van der Waals surface area contributed by atoms with Crippen molar-refractivity contribution >= 4 is 21.7 Å². The lowest BCUT2D eigenvalue weighted by Gasteiger charge is -2.16. The predicted octanol–water partition coefficient (Wildman–Crippen LogP) is 2.10. The molecular weight excluding hydrogens is 318 g/mol. The van der Waals surface area contributed by atoms with Crippen LogP contribution in [-0.4, -0.2) is 37.9 Å². The monoisotopic (exact) mass is 337 g/mol. The molecule has 124 valence electrons. The molecule has 0 unspecified atom stereocenters. The Kier molecular flexibility index (Phi) is 4.58. The van der Waals surface area contributed by atoms with Crippen molar-refractivity contribution in [2.45, 2.75) is 25.7 Å². The summed E-state index contributed by atoms with van der Waals surface area (Å²) in [6.45, 7) is 5.19. The molecule has 2 rings (SSSR count). The van der Waals surface area contributed by atoms with Crippen molar-refractivity contribution in [2.75, 3.05) is 19.4 Å². The van der Waals surface area contributed by atoms with Gasteiger partial charge >= 0.3 is 0 Å². The van der Waals surface area contributed by atoms with Gasteiger partial charge in [-0.3, -0.25) is 4.79 Å². The van der Waals surface area contributed by atoms with Gasteiger partial charge in [-0.2, -0.15) is 0 Å². The first-order chi connectivity index (χ1) is 10.6. The van der Waals surface area contributed by atoms with Gasteiger partial charge in [0.05, 0.1) is 4.90 Å². The van der Waals surface area contributed by atoms with Crippen molar-refractivity contribution in [3.05, 3.63) is 40.6 Å². The van der Waals surface area contributed by atoms with Crippen LogP contribution in [0.1, 0.15) is 27.2 Å². The highest BCUT2D eigenvalue weighted by Crippen LogP contribution is 2.24. The lowest BCUT2D eigenvalue weighted by molar-refractivity contribution is 0.102. The van der Waals surface area contributed by atoms with Crippen LogP contribution in [0.4, 0.5) is 5.82 Å². The van der Waals surface area contributed by atoms with Crippen LogP contribution in [0.2, 0.25) is 0 Å². The number of sulfonamides is 1. The van der Waals surface area contributed by atoms with Gasteiger partial charge in [0.1, 0.15) is 5.76 Å². The van der Waals surface area contributed by atoms with Crippen LogP contribution < -0.4 is 5.32 Å². The Hall–Kier alpha value is -2.19. The van der Waals surface area contributed by atoms with Crippen molar-refractivity contribution in [3.8, 4) is 0 Å². The Labute approximate surface area is 135 Å². The largest absolute Gasteiger partial charge is 0.360 e. The van der Waals surface area contributed by atoms with Gasteiger partial charge in [0.2, 0.25) is 10.0 Å². The van der Waals surface area contributed by atoms with Crippen LogP contribution in [0, 0.1) is 20.8 Å². The molecule has 0 fully saturated rings. The number of carbonyl (C=O) groups excluding carboxylic acids is 1. The zero-order chi connectivity index (χ0) is 17.4. The number of anilines is 1. The highest BCUT2D eigenvalue weighted by Gasteiger charge is 2.23. The van der Waals surface area contributed by atoms with Crippen molar-refractivity contribution in [1.29, 1.82) is 0 Å². The van der Waals surface area contributed by atoms with E-state index in [0.717, 1.165) is 9.87 Å². The van der Waals surface area contributed by atoms with E-state index in [2.05, 4.69) is 10.5 Å². The average molecular weight is 337 g/mol. The molecule has 1 N–H and O–H groups in total. The van der Waals surface area contributed by atoms with E-state index in [1.165, 1.54) is 20.2 Å². The SMILES string of the molecule is Cc1cc(NC(=O)c2cc(C)c(C)c(S(=O)(=O)N(C)C)c2)no1. The van der Waals surface area contributed by atoms with Gasteiger partial charge in [-0.05, 0) is 44.0 Å². The van der Waals surface area contributed by atoms with Crippen LogP contribution in [0.25, 0.3) is 0 Å². The third-order valence-electron chi connectivity index (χ3n) is 3.51. The van der Waals surface area contributed by atoms with Crippen molar-refractivity contribution in [1.82, 2.24) is 9.46 Å². The van der Waals surface area contributed by atoms with Crippen molar-refractivity contribution in [2.24, 2.45) is 0 Å². The summed E-state index contributed by atoms with van der Waals surface area (Å²) in [5, 5.41) is 6.27. The third kappa shape index (κ3) is 3.43. The minimum Gasteiger partial charge on any atom is -0.360 e. The summed E-state index contributed by atoms with van der Waals surface area (Å²) in [5.41, 5.74) is 1.58. The number of carbonyl (C=O) groups is 1. The summed E-state index contributed by atoms with van der Waals surface area (Å²) >= 11 is 0. The maximum absolute atomic E-state index is 12.4. The number of nitrogens with one attached hydrogen (secondary N) is 1. The highest BCUT2D eigenvalue weighted by atomic mass is 32.2. The fraction of sp³-hybridized carbons (Fsp3) is 0.333. The smallest absolute Gasteiger partial charge is 0.256 e. The molecule has 0 spiro atoms. The number of aryl methyl sites for hydroxylation is 2. The Morgan fingerprint density at radius 2 is 1.83 bits per heavy atom. The number of nitrogens with zero attached hydrogens (tertiary/aromatic N) is 2. The Morgan fingerprint density at radius 3 is 2.35 bits per heavy atom. The third-order valence-corrected chi connectivity index (χ3v) is 5.45. The van der Waals surface area contributed by atoms with Gasteiger partial charge in [-0.25, -0.2) is 12.7 Å². The van der Waals surface area contributed by atoms with Crippen molar-refractivity contribution in [3.63, 3.8) is 0 Å². The lowest BCUT2D eigenvalue weighted by Crippen LogP contribution is -2.24.